The maximum Gasteiger partial charge on any atom is 0.134 e. The topological polar surface area (TPSA) is 41.0 Å². The lowest BCUT2D eigenvalue weighted by atomic mass is 10.4. The molecule has 2 heterocycles. The number of nitrogens with one attached hydrogen (secondary N) is 1. The van der Waals surface area contributed by atoms with Gasteiger partial charge >= 0.3 is 0 Å². The van der Waals surface area contributed by atoms with Crippen LogP contribution in [0.1, 0.15) is 0 Å². The molecule has 6 heteroatoms. The average molecular weight is 296 g/mol. The van der Waals surface area contributed by atoms with Crippen molar-refractivity contribution in [3.05, 3.63) is 25.0 Å². The van der Waals surface area contributed by atoms with Crippen molar-refractivity contribution in [2.24, 2.45) is 0 Å². The van der Waals surface area contributed by atoms with E-state index in [1.165, 1.54) is 11.5 Å². The first kappa shape index (κ1) is 14.5. The Hall–Kier alpha value is -0.880. The molecule has 1 aliphatic heterocycles. The van der Waals surface area contributed by atoms with Gasteiger partial charge in [-0.05, 0) is 0 Å². The Morgan fingerprint density at radius 3 is 3.05 bits per heavy atom. The van der Waals surface area contributed by atoms with Crippen LogP contribution in [0.5, 0.6) is 0 Å². The number of thioether (sulfide) groups is 2. The van der Waals surface area contributed by atoms with Crippen molar-refractivity contribution in [3.8, 4) is 0 Å². The predicted molar refractivity (Wildman–Crippen MR) is 87.6 cm³/mol. The van der Waals surface area contributed by atoms with Gasteiger partial charge in [-0.1, -0.05) is 6.08 Å². The highest BCUT2D eigenvalue weighted by Crippen LogP contribution is 2.18. The summed E-state index contributed by atoms with van der Waals surface area (Å²) in [5, 5.41) is 3.34. The van der Waals surface area contributed by atoms with Gasteiger partial charge in [0, 0.05) is 48.7 Å². The van der Waals surface area contributed by atoms with E-state index in [0.717, 1.165) is 42.8 Å². The second kappa shape index (κ2) is 8.32. The van der Waals surface area contributed by atoms with Gasteiger partial charge in [-0.15, -0.1) is 6.58 Å². The lowest BCUT2D eigenvalue weighted by Gasteiger charge is -2.27. The fraction of sp³-hybridized carbons (Fsp3) is 0.538. The van der Waals surface area contributed by atoms with Gasteiger partial charge < -0.3 is 10.2 Å². The number of hydrogen-bond acceptors (Lipinski definition) is 6. The number of anilines is 2. The Balaban J connectivity index is 1.82. The maximum atomic E-state index is 4.37. The highest BCUT2D eigenvalue weighted by atomic mass is 32.2. The zero-order valence-corrected chi connectivity index (χ0v) is 12.7. The summed E-state index contributed by atoms with van der Waals surface area (Å²) in [4.78, 5) is 11.0. The van der Waals surface area contributed by atoms with Gasteiger partial charge in [0.2, 0.25) is 0 Å². The average Bonchev–Trinajstić information content (AvgIpc) is 2.48. The summed E-state index contributed by atoms with van der Waals surface area (Å²) in [6, 6.07) is 2.05. The van der Waals surface area contributed by atoms with E-state index < -0.39 is 0 Å². The van der Waals surface area contributed by atoms with Crippen LogP contribution in [0.3, 0.4) is 0 Å². The van der Waals surface area contributed by atoms with Crippen molar-refractivity contribution in [1.29, 1.82) is 0 Å². The molecule has 1 aromatic heterocycles. The predicted octanol–water partition coefficient (Wildman–Crippen LogP) is 2.36. The van der Waals surface area contributed by atoms with Crippen LogP contribution in [0.15, 0.2) is 25.0 Å². The summed E-state index contributed by atoms with van der Waals surface area (Å²) in [6.45, 7) is 6.79. The van der Waals surface area contributed by atoms with Crippen LogP contribution in [0.2, 0.25) is 0 Å². The normalized spacial score (nSPS) is 15.3. The van der Waals surface area contributed by atoms with Gasteiger partial charge in [0.05, 0.1) is 0 Å². The highest BCUT2D eigenvalue weighted by Gasteiger charge is 2.12. The first-order valence-corrected chi connectivity index (χ1v) is 8.78. The second-order valence-electron chi connectivity index (χ2n) is 4.15. The van der Waals surface area contributed by atoms with Crippen LogP contribution in [0.4, 0.5) is 11.6 Å². The molecule has 4 nitrogen and oxygen atoms in total. The van der Waals surface area contributed by atoms with Crippen LogP contribution in [0.25, 0.3) is 0 Å². The first-order chi connectivity index (χ1) is 9.40. The zero-order valence-electron chi connectivity index (χ0n) is 11.0. The molecule has 1 fully saturated rings. The SMILES string of the molecule is C=CCSCCNc1cc(N2CCSCC2)ncn1. The first-order valence-electron chi connectivity index (χ1n) is 6.47. The van der Waals surface area contributed by atoms with E-state index in [-0.39, 0.29) is 0 Å². The van der Waals surface area contributed by atoms with Crippen LogP contribution in [-0.2, 0) is 0 Å². The van der Waals surface area contributed by atoms with Crippen molar-refractivity contribution in [3.63, 3.8) is 0 Å². The van der Waals surface area contributed by atoms with Gasteiger partial charge in [-0.3, -0.25) is 0 Å². The second-order valence-corrected chi connectivity index (χ2v) is 6.53. The van der Waals surface area contributed by atoms with Crippen LogP contribution in [0, 0.1) is 0 Å². The monoisotopic (exact) mass is 296 g/mol. The number of rotatable bonds is 7. The largest absolute Gasteiger partial charge is 0.369 e. The summed E-state index contributed by atoms with van der Waals surface area (Å²) < 4.78 is 0. The summed E-state index contributed by atoms with van der Waals surface area (Å²) in [7, 11) is 0. The number of hydrogen-bond donors (Lipinski definition) is 1. The molecule has 0 atom stereocenters. The van der Waals surface area contributed by atoms with Gasteiger partial charge in [0.1, 0.15) is 18.0 Å². The molecule has 0 aliphatic carbocycles. The molecule has 0 unspecified atom stereocenters. The van der Waals surface area contributed by atoms with Gasteiger partial charge in [-0.2, -0.15) is 23.5 Å². The Bertz CT molecular complexity index is 394. The van der Waals surface area contributed by atoms with E-state index in [4.69, 9.17) is 0 Å². The fourth-order valence-corrected chi connectivity index (χ4v) is 3.31. The zero-order chi connectivity index (χ0) is 13.3. The van der Waals surface area contributed by atoms with E-state index in [9.17, 15) is 0 Å². The van der Waals surface area contributed by atoms with E-state index in [1.54, 1.807) is 6.33 Å². The summed E-state index contributed by atoms with van der Waals surface area (Å²) >= 11 is 3.88. The highest BCUT2D eigenvalue weighted by molar-refractivity contribution is 7.99. The molecule has 1 aliphatic rings. The summed E-state index contributed by atoms with van der Waals surface area (Å²) in [6.07, 6.45) is 3.58. The smallest absolute Gasteiger partial charge is 0.134 e. The lowest BCUT2D eigenvalue weighted by Crippen LogP contribution is -2.33. The minimum atomic E-state index is 0.919. The van der Waals surface area contributed by atoms with E-state index in [1.807, 2.05) is 35.7 Å². The van der Waals surface area contributed by atoms with Crippen molar-refractivity contribution < 1.29 is 0 Å². The van der Waals surface area contributed by atoms with Crippen molar-refractivity contribution in [1.82, 2.24) is 9.97 Å². The maximum absolute atomic E-state index is 4.37. The quantitative estimate of drug-likeness (QED) is 0.615. The Morgan fingerprint density at radius 2 is 2.26 bits per heavy atom. The molecular formula is C13H20N4S2. The number of aromatic nitrogens is 2. The third-order valence-electron chi connectivity index (χ3n) is 2.78. The van der Waals surface area contributed by atoms with Crippen molar-refractivity contribution >= 4 is 35.2 Å². The van der Waals surface area contributed by atoms with Crippen LogP contribution in [-0.4, -0.2) is 52.6 Å². The van der Waals surface area contributed by atoms with Crippen molar-refractivity contribution in [2.45, 2.75) is 0 Å². The number of nitrogens with zero attached hydrogens (tertiary/aromatic N) is 3. The molecule has 104 valence electrons. The van der Waals surface area contributed by atoms with Crippen LogP contribution < -0.4 is 10.2 Å². The standard InChI is InChI=1S/C13H20N4S2/c1-2-6-18-7-3-14-12-10-13(16-11-15-12)17-4-8-19-9-5-17/h2,10-11H,1,3-9H2,(H,14,15,16). The molecule has 0 amide bonds. The molecule has 19 heavy (non-hydrogen) atoms. The molecule has 0 spiro atoms. The lowest BCUT2D eigenvalue weighted by molar-refractivity contribution is 0.835. The van der Waals surface area contributed by atoms with E-state index in [0.29, 0.717) is 0 Å². The van der Waals surface area contributed by atoms with Gasteiger partial charge in [-0.25, -0.2) is 9.97 Å². The van der Waals surface area contributed by atoms with Gasteiger partial charge in [0.25, 0.3) is 0 Å². The molecule has 0 bridgehead atoms. The Kier molecular flexibility index (Phi) is 6.36. The molecule has 2 rings (SSSR count). The Labute approximate surface area is 123 Å². The third kappa shape index (κ3) is 4.95. The van der Waals surface area contributed by atoms with Crippen LogP contribution >= 0.6 is 23.5 Å². The summed E-state index contributed by atoms with van der Waals surface area (Å²) in [5.74, 6) is 6.39. The van der Waals surface area contributed by atoms with E-state index in [2.05, 4.69) is 26.8 Å². The van der Waals surface area contributed by atoms with E-state index >= 15 is 0 Å². The molecule has 1 N–H and O–H groups in total. The summed E-state index contributed by atoms with van der Waals surface area (Å²) in [5.41, 5.74) is 0. The minimum absolute atomic E-state index is 0.919. The van der Waals surface area contributed by atoms with Gasteiger partial charge in [0.15, 0.2) is 0 Å². The van der Waals surface area contributed by atoms with Crippen molar-refractivity contribution in [2.75, 3.05) is 52.9 Å². The molecule has 1 aromatic rings. The molecule has 1 saturated heterocycles. The Morgan fingerprint density at radius 1 is 1.42 bits per heavy atom. The molecule has 0 aromatic carbocycles. The molecular weight excluding hydrogens is 276 g/mol. The molecule has 0 radical (unpaired) electrons. The molecule has 0 saturated carbocycles. The minimum Gasteiger partial charge on any atom is -0.369 e. The fourth-order valence-electron chi connectivity index (χ4n) is 1.83. The third-order valence-corrected chi connectivity index (χ3v) is 4.68.